The van der Waals surface area contributed by atoms with E-state index in [4.69, 9.17) is 23.2 Å². The maximum atomic E-state index is 13.3. The molecule has 9 heteroatoms. The van der Waals surface area contributed by atoms with Gasteiger partial charge in [0, 0.05) is 40.4 Å². The zero-order valence-electron chi connectivity index (χ0n) is 19.8. The molecule has 0 N–H and O–H groups in total. The van der Waals surface area contributed by atoms with Crippen molar-refractivity contribution in [3.05, 3.63) is 81.6 Å². The highest BCUT2D eigenvalue weighted by atomic mass is 35.5. The molecule has 1 aromatic carbocycles. The summed E-state index contributed by atoms with van der Waals surface area (Å²) >= 11 is 12.2. The van der Waals surface area contributed by atoms with Gasteiger partial charge < -0.3 is 4.90 Å². The van der Waals surface area contributed by atoms with Crippen molar-refractivity contribution in [3.63, 3.8) is 0 Å². The summed E-state index contributed by atoms with van der Waals surface area (Å²) in [6.07, 6.45) is 2.93. The summed E-state index contributed by atoms with van der Waals surface area (Å²) in [5.41, 5.74) is 1.43. The molecular weight excluding hydrogens is 505 g/mol. The molecule has 35 heavy (non-hydrogen) atoms. The number of carbonyl (C=O) groups excluding carboxylic acids is 1. The molecule has 1 aliphatic heterocycles. The number of ketones is 1. The second-order valence-electron chi connectivity index (χ2n) is 9.67. The smallest absolute Gasteiger partial charge is 0.203 e. The van der Waals surface area contributed by atoms with Crippen LogP contribution < -0.4 is 4.90 Å². The third kappa shape index (κ3) is 5.68. The van der Waals surface area contributed by atoms with E-state index in [0.29, 0.717) is 39.5 Å². The molecular formula is C26H27Cl2N3O3S. The highest BCUT2D eigenvalue weighted by Crippen LogP contribution is 2.37. The van der Waals surface area contributed by atoms with Crippen LogP contribution in [0.15, 0.2) is 59.8 Å². The molecule has 0 spiro atoms. The molecule has 1 aliphatic rings. The van der Waals surface area contributed by atoms with Gasteiger partial charge in [-0.2, -0.15) is 0 Å². The number of hydrogen-bond donors (Lipinski definition) is 0. The molecule has 0 aliphatic carbocycles. The normalized spacial score (nSPS) is 17.5. The number of benzene rings is 1. The Bertz CT molecular complexity index is 1380. The molecule has 0 amide bonds. The van der Waals surface area contributed by atoms with Gasteiger partial charge >= 0.3 is 0 Å². The number of hydrogen-bond acceptors (Lipinski definition) is 6. The van der Waals surface area contributed by atoms with E-state index < -0.39 is 21.4 Å². The monoisotopic (exact) mass is 531 g/mol. The van der Waals surface area contributed by atoms with Gasteiger partial charge in [0.25, 0.3) is 0 Å². The lowest BCUT2D eigenvalue weighted by Crippen LogP contribution is -2.39. The summed E-state index contributed by atoms with van der Waals surface area (Å²) in [6, 6.07) is 13.2. The third-order valence-electron chi connectivity index (χ3n) is 6.22. The topological polar surface area (TPSA) is 80.2 Å². The van der Waals surface area contributed by atoms with Crippen LogP contribution in [0, 0.1) is 5.92 Å². The molecule has 6 nitrogen and oxygen atoms in total. The SMILES string of the molecule is CC1CN(c2ncccc2C(=O)CS(=O)(=O)c2cccc(Cc3ccc(Cl)cc3Cl)n2)C(C)(C)C1. The van der Waals surface area contributed by atoms with E-state index in [0.717, 1.165) is 18.5 Å². The van der Waals surface area contributed by atoms with Crippen molar-refractivity contribution < 1.29 is 13.2 Å². The Morgan fingerprint density at radius 1 is 1.14 bits per heavy atom. The number of nitrogens with zero attached hydrogens (tertiary/aromatic N) is 3. The van der Waals surface area contributed by atoms with Crippen LogP contribution in [-0.4, -0.2) is 42.0 Å². The van der Waals surface area contributed by atoms with Gasteiger partial charge in [-0.3, -0.25) is 4.79 Å². The fraction of sp³-hybridized carbons (Fsp3) is 0.346. The fourth-order valence-corrected chi connectivity index (χ4v) is 6.37. The number of anilines is 1. The molecule has 1 unspecified atom stereocenters. The third-order valence-corrected chi connectivity index (χ3v) is 8.32. The number of halogens is 2. The van der Waals surface area contributed by atoms with Gasteiger partial charge in [-0.1, -0.05) is 42.3 Å². The first kappa shape index (κ1) is 25.6. The van der Waals surface area contributed by atoms with Crippen LogP contribution in [0.25, 0.3) is 0 Å². The van der Waals surface area contributed by atoms with Crippen LogP contribution in [-0.2, 0) is 16.3 Å². The number of sulfone groups is 1. The van der Waals surface area contributed by atoms with E-state index in [-0.39, 0.29) is 10.6 Å². The van der Waals surface area contributed by atoms with Crippen molar-refractivity contribution >= 4 is 44.6 Å². The van der Waals surface area contributed by atoms with Crippen molar-refractivity contribution in [1.29, 1.82) is 0 Å². The van der Waals surface area contributed by atoms with Crippen LogP contribution in [0.1, 0.15) is 48.8 Å². The lowest BCUT2D eigenvalue weighted by Gasteiger charge is -2.33. The predicted octanol–water partition coefficient (Wildman–Crippen LogP) is 5.66. The summed E-state index contributed by atoms with van der Waals surface area (Å²) in [5, 5.41) is 0.850. The minimum Gasteiger partial charge on any atom is -0.351 e. The van der Waals surface area contributed by atoms with Crippen LogP contribution in [0.4, 0.5) is 5.82 Å². The second kappa shape index (κ2) is 9.88. The molecule has 1 atom stereocenters. The Hall–Kier alpha value is -2.48. The predicted molar refractivity (Wildman–Crippen MR) is 139 cm³/mol. The lowest BCUT2D eigenvalue weighted by atomic mass is 9.97. The number of carbonyl (C=O) groups is 1. The minimum absolute atomic E-state index is 0.144. The van der Waals surface area contributed by atoms with E-state index in [2.05, 4.69) is 35.6 Å². The highest BCUT2D eigenvalue weighted by molar-refractivity contribution is 7.92. The minimum atomic E-state index is -3.98. The average molecular weight is 532 g/mol. The molecule has 3 aromatic rings. The maximum Gasteiger partial charge on any atom is 0.203 e. The van der Waals surface area contributed by atoms with Crippen LogP contribution in [0.2, 0.25) is 10.0 Å². The van der Waals surface area contributed by atoms with E-state index in [1.54, 1.807) is 48.7 Å². The number of aromatic nitrogens is 2. The first-order valence-electron chi connectivity index (χ1n) is 11.3. The van der Waals surface area contributed by atoms with Crippen LogP contribution in [0.3, 0.4) is 0 Å². The van der Waals surface area contributed by atoms with E-state index in [9.17, 15) is 13.2 Å². The Balaban J connectivity index is 1.58. The second-order valence-corrected chi connectivity index (χ2v) is 12.4. The fourth-order valence-electron chi connectivity index (χ4n) is 4.70. The van der Waals surface area contributed by atoms with Gasteiger partial charge in [0.2, 0.25) is 9.84 Å². The van der Waals surface area contributed by atoms with Gasteiger partial charge in [-0.05, 0) is 68.1 Å². The quantitative estimate of drug-likeness (QED) is 0.366. The Morgan fingerprint density at radius 3 is 2.60 bits per heavy atom. The van der Waals surface area contributed by atoms with Gasteiger partial charge in [-0.15, -0.1) is 0 Å². The summed E-state index contributed by atoms with van der Waals surface area (Å²) in [7, 11) is -3.98. The zero-order valence-corrected chi connectivity index (χ0v) is 22.2. The molecule has 184 valence electrons. The van der Waals surface area contributed by atoms with Crippen molar-refractivity contribution in [2.45, 2.75) is 44.2 Å². The summed E-state index contributed by atoms with van der Waals surface area (Å²) in [6.45, 7) is 7.14. The molecule has 0 radical (unpaired) electrons. The van der Waals surface area contributed by atoms with Gasteiger partial charge in [-0.25, -0.2) is 18.4 Å². The van der Waals surface area contributed by atoms with Gasteiger partial charge in [0.05, 0.1) is 5.56 Å². The molecule has 3 heterocycles. The lowest BCUT2D eigenvalue weighted by molar-refractivity contribution is 0.102. The summed E-state index contributed by atoms with van der Waals surface area (Å²) < 4.78 is 26.4. The van der Waals surface area contributed by atoms with Gasteiger partial charge in [0.1, 0.15) is 11.6 Å². The number of Topliss-reactive ketones (excluding diaryl/α,β-unsaturated/α-hetero) is 1. The Morgan fingerprint density at radius 2 is 1.91 bits per heavy atom. The van der Waals surface area contributed by atoms with Crippen molar-refractivity contribution in [3.8, 4) is 0 Å². The standard InChI is InChI=1S/C26H27Cl2N3O3S/c1-17-14-26(2,3)31(15-17)25-21(7-5-11-29-25)23(32)16-35(33,34)24-8-4-6-20(30-24)12-18-9-10-19(27)13-22(18)28/h4-11,13,17H,12,14-16H2,1-3H3. The molecule has 0 bridgehead atoms. The summed E-state index contributed by atoms with van der Waals surface area (Å²) in [4.78, 5) is 24.1. The van der Waals surface area contributed by atoms with E-state index >= 15 is 0 Å². The number of rotatable bonds is 7. The van der Waals surface area contributed by atoms with E-state index in [1.807, 2.05) is 0 Å². The first-order valence-corrected chi connectivity index (χ1v) is 13.8. The van der Waals surface area contributed by atoms with Crippen molar-refractivity contribution in [1.82, 2.24) is 9.97 Å². The highest BCUT2D eigenvalue weighted by Gasteiger charge is 2.39. The number of pyridine rings is 2. The van der Waals surface area contributed by atoms with E-state index in [1.165, 1.54) is 6.07 Å². The van der Waals surface area contributed by atoms with Crippen LogP contribution in [0.5, 0.6) is 0 Å². The summed E-state index contributed by atoms with van der Waals surface area (Å²) in [5.74, 6) is -0.217. The largest absolute Gasteiger partial charge is 0.351 e. The Kier molecular flexibility index (Phi) is 7.23. The molecule has 2 aromatic heterocycles. The molecule has 1 saturated heterocycles. The average Bonchev–Trinajstić information content (AvgIpc) is 3.07. The zero-order chi connectivity index (χ0) is 25.4. The van der Waals surface area contributed by atoms with Gasteiger partial charge in [0.15, 0.2) is 10.8 Å². The molecule has 1 fully saturated rings. The van der Waals surface area contributed by atoms with Crippen molar-refractivity contribution in [2.24, 2.45) is 5.92 Å². The van der Waals surface area contributed by atoms with Crippen molar-refractivity contribution in [2.75, 3.05) is 17.2 Å². The van der Waals surface area contributed by atoms with Crippen LogP contribution >= 0.6 is 23.2 Å². The molecule has 4 rings (SSSR count). The Labute approximate surface area is 216 Å². The first-order chi connectivity index (χ1) is 16.5. The molecule has 0 saturated carbocycles. The maximum absolute atomic E-state index is 13.3.